The predicted octanol–water partition coefficient (Wildman–Crippen LogP) is 2.36. The van der Waals surface area contributed by atoms with Gasteiger partial charge < -0.3 is 19.6 Å². The van der Waals surface area contributed by atoms with Gasteiger partial charge in [0.1, 0.15) is 17.4 Å². The standard InChI is InChI=1S/C20H24N8O2/c1-13-9-14(25-30-13)11-27-7-3-5-15(27)12-26(2)18-10-17(21)28-20(22-18)23-19(24-28)16-6-4-8-29-16/h4,6,8-10,15H,3,5,7,11-12,21H2,1-2H3/t15-/m1/s1. The van der Waals surface area contributed by atoms with Crippen LogP contribution in [-0.4, -0.2) is 55.8 Å². The second-order valence-electron chi connectivity index (χ2n) is 7.74. The number of likely N-dealkylation sites (tertiary alicyclic amines) is 1. The lowest BCUT2D eigenvalue weighted by Gasteiger charge is -2.28. The number of nitrogens with two attached hydrogens (primary N) is 1. The van der Waals surface area contributed by atoms with Crippen molar-refractivity contribution in [2.75, 3.05) is 30.8 Å². The van der Waals surface area contributed by atoms with Crippen LogP contribution >= 0.6 is 0 Å². The van der Waals surface area contributed by atoms with Crippen molar-refractivity contribution in [3.63, 3.8) is 0 Å². The van der Waals surface area contributed by atoms with E-state index in [1.807, 2.05) is 32.2 Å². The number of aromatic nitrogens is 5. The van der Waals surface area contributed by atoms with Crippen molar-refractivity contribution in [2.24, 2.45) is 0 Å². The molecule has 10 nitrogen and oxygen atoms in total. The SMILES string of the molecule is Cc1cc(CN2CCC[C@@H]2CN(C)c2cc(N)n3nc(-c4ccco4)nc3n2)no1. The third-order valence-electron chi connectivity index (χ3n) is 5.48. The number of aryl methyl sites for hydroxylation is 1. The Balaban J connectivity index is 1.34. The third kappa shape index (κ3) is 3.50. The van der Waals surface area contributed by atoms with Crippen LogP contribution in [0.3, 0.4) is 0 Å². The molecule has 30 heavy (non-hydrogen) atoms. The van der Waals surface area contributed by atoms with Gasteiger partial charge in [-0.15, -0.1) is 5.10 Å². The maximum absolute atomic E-state index is 6.24. The van der Waals surface area contributed by atoms with Gasteiger partial charge in [-0.3, -0.25) is 4.90 Å². The second kappa shape index (κ2) is 7.45. The molecule has 10 heteroatoms. The Bertz CT molecular complexity index is 1150. The molecule has 1 saturated heterocycles. The van der Waals surface area contributed by atoms with Gasteiger partial charge in [0.25, 0.3) is 5.78 Å². The first-order chi connectivity index (χ1) is 14.6. The Morgan fingerprint density at radius 3 is 2.97 bits per heavy atom. The van der Waals surface area contributed by atoms with Gasteiger partial charge in [0.15, 0.2) is 5.76 Å². The molecular weight excluding hydrogens is 384 g/mol. The minimum absolute atomic E-state index is 0.405. The van der Waals surface area contributed by atoms with Crippen LogP contribution in [-0.2, 0) is 6.54 Å². The van der Waals surface area contributed by atoms with Crippen molar-refractivity contribution in [1.82, 2.24) is 29.6 Å². The molecular formula is C20H24N8O2. The van der Waals surface area contributed by atoms with Crippen molar-refractivity contribution in [3.05, 3.63) is 42.0 Å². The lowest BCUT2D eigenvalue weighted by molar-refractivity contribution is 0.240. The van der Waals surface area contributed by atoms with E-state index in [1.54, 1.807) is 12.3 Å². The Hall–Kier alpha value is -3.40. The molecule has 156 valence electrons. The number of furan rings is 1. The molecule has 1 aliphatic rings. The summed E-state index contributed by atoms with van der Waals surface area (Å²) in [6, 6.07) is 7.83. The predicted molar refractivity (Wildman–Crippen MR) is 111 cm³/mol. The van der Waals surface area contributed by atoms with Gasteiger partial charge in [-0.25, -0.2) is 0 Å². The number of hydrogen-bond donors (Lipinski definition) is 1. The van der Waals surface area contributed by atoms with Crippen LogP contribution in [0.1, 0.15) is 24.3 Å². The quantitative estimate of drug-likeness (QED) is 0.513. The van der Waals surface area contributed by atoms with E-state index in [-0.39, 0.29) is 0 Å². The summed E-state index contributed by atoms with van der Waals surface area (Å²) in [6.07, 6.45) is 3.89. The smallest absolute Gasteiger partial charge is 0.256 e. The summed E-state index contributed by atoms with van der Waals surface area (Å²) in [6.45, 7) is 4.59. The molecule has 0 spiro atoms. The molecule has 1 atom stereocenters. The van der Waals surface area contributed by atoms with E-state index < -0.39 is 0 Å². The molecule has 0 radical (unpaired) electrons. The topological polar surface area (TPSA) is 115 Å². The Labute approximate surface area is 173 Å². The third-order valence-corrected chi connectivity index (χ3v) is 5.48. The van der Waals surface area contributed by atoms with E-state index in [0.717, 1.165) is 43.3 Å². The van der Waals surface area contributed by atoms with Crippen LogP contribution in [0.25, 0.3) is 17.4 Å². The minimum Gasteiger partial charge on any atom is -0.461 e. The first-order valence-electron chi connectivity index (χ1n) is 10.0. The van der Waals surface area contributed by atoms with Crippen LogP contribution in [0.15, 0.2) is 39.5 Å². The van der Waals surface area contributed by atoms with Crippen LogP contribution in [0, 0.1) is 6.92 Å². The van der Waals surface area contributed by atoms with Gasteiger partial charge in [0.05, 0.1) is 12.0 Å². The lowest BCUT2D eigenvalue weighted by atomic mass is 10.2. The highest BCUT2D eigenvalue weighted by atomic mass is 16.5. The average molecular weight is 408 g/mol. The van der Waals surface area contributed by atoms with Gasteiger partial charge in [-0.05, 0) is 38.4 Å². The monoisotopic (exact) mass is 408 g/mol. The van der Waals surface area contributed by atoms with Crippen molar-refractivity contribution in [1.29, 1.82) is 0 Å². The lowest BCUT2D eigenvalue weighted by Crippen LogP contribution is -2.39. The average Bonchev–Trinajstić information content (AvgIpc) is 3.49. The molecule has 0 aliphatic carbocycles. The summed E-state index contributed by atoms with van der Waals surface area (Å²) in [4.78, 5) is 13.7. The van der Waals surface area contributed by atoms with Gasteiger partial charge in [0, 0.05) is 38.3 Å². The van der Waals surface area contributed by atoms with Crippen LogP contribution in [0.5, 0.6) is 0 Å². The summed E-state index contributed by atoms with van der Waals surface area (Å²) in [7, 11) is 2.03. The number of anilines is 2. The fourth-order valence-corrected chi connectivity index (χ4v) is 4.00. The number of nitrogen functional groups attached to an aromatic ring is 1. The maximum atomic E-state index is 6.24. The first-order valence-corrected chi connectivity index (χ1v) is 10.0. The molecule has 4 aromatic rings. The van der Waals surface area contributed by atoms with Gasteiger partial charge in [-0.1, -0.05) is 5.16 Å². The molecule has 0 aromatic carbocycles. The Morgan fingerprint density at radius 2 is 2.20 bits per heavy atom. The van der Waals surface area contributed by atoms with Crippen LogP contribution < -0.4 is 10.6 Å². The van der Waals surface area contributed by atoms with Gasteiger partial charge >= 0.3 is 0 Å². The van der Waals surface area contributed by atoms with E-state index >= 15 is 0 Å². The van der Waals surface area contributed by atoms with Gasteiger partial charge in [0.2, 0.25) is 5.82 Å². The first kappa shape index (κ1) is 18.6. The highest BCUT2D eigenvalue weighted by Gasteiger charge is 2.27. The summed E-state index contributed by atoms with van der Waals surface area (Å²) in [5.74, 6) is 3.58. The molecule has 4 aromatic heterocycles. The molecule has 0 saturated carbocycles. The highest BCUT2D eigenvalue weighted by Crippen LogP contribution is 2.24. The zero-order valence-electron chi connectivity index (χ0n) is 17.0. The van der Waals surface area contributed by atoms with E-state index in [4.69, 9.17) is 14.7 Å². The van der Waals surface area contributed by atoms with E-state index in [0.29, 0.717) is 29.2 Å². The summed E-state index contributed by atoms with van der Waals surface area (Å²) < 4.78 is 12.1. The second-order valence-corrected chi connectivity index (χ2v) is 7.74. The minimum atomic E-state index is 0.405. The van der Waals surface area contributed by atoms with E-state index in [1.165, 1.54) is 10.9 Å². The number of likely N-dealkylation sites (N-methyl/N-ethyl adjacent to an activating group) is 1. The number of nitrogens with zero attached hydrogens (tertiary/aromatic N) is 7. The number of fused-ring (bicyclic) bond motifs is 1. The van der Waals surface area contributed by atoms with Crippen molar-refractivity contribution in [2.45, 2.75) is 32.4 Å². The molecule has 0 amide bonds. The molecule has 1 fully saturated rings. The van der Waals surface area contributed by atoms with Gasteiger partial charge in [-0.2, -0.15) is 14.5 Å². The maximum Gasteiger partial charge on any atom is 0.256 e. The van der Waals surface area contributed by atoms with E-state index in [2.05, 4.69) is 30.0 Å². The number of hydrogen-bond acceptors (Lipinski definition) is 9. The van der Waals surface area contributed by atoms with Crippen molar-refractivity contribution in [3.8, 4) is 11.6 Å². The zero-order valence-corrected chi connectivity index (χ0v) is 17.0. The molecule has 2 N–H and O–H groups in total. The molecule has 0 bridgehead atoms. The Kier molecular flexibility index (Phi) is 4.62. The molecule has 1 aliphatic heterocycles. The largest absolute Gasteiger partial charge is 0.461 e. The molecule has 5 heterocycles. The fourth-order valence-electron chi connectivity index (χ4n) is 4.00. The van der Waals surface area contributed by atoms with Crippen molar-refractivity contribution < 1.29 is 8.94 Å². The zero-order chi connectivity index (χ0) is 20.7. The van der Waals surface area contributed by atoms with E-state index in [9.17, 15) is 0 Å². The molecule has 5 rings (SSSR count). The highest BCUT2D eigenvalue weighted by molar-refractivity contribution is 5.57. The fraction of sp³-hybridized carbons (Fsp3) is 0.400. The normalized spacial score (nSPS) is 17.2. The van der Waals surface area contributed by atoms with Crippen LogP contribution in [0.2, 0.25) is 0 Å². The summed E-state index contributed by atoms with van der Waals surface area (Å²) in [5, 5.41) is 8.54. The van der Waals surface area contributed by atoms with Crippen molar-refractivity contribution >= 4 is 17.4 Å². The summed E-state index contributed by atoms with van der Waals surface area (Å²) in [5.41, 5.74) is 7.21. The molecule has 0 unspecified atom stereocenters. The van der Waals surface area contributed by atoms with Crippen LogP contribution in [0.4, 0.5) is 11.6 Å². The number of rotatable bonds is 6. The Morgan fingerprint density at radius 1 is 1.30 bits per heavy atom. The summed E-state index contributed by atoms with van der Waals surface area (Å²) >= 11 is 0.